The summed E-state index contributed by atoms with van der Waals surface area (Å²) in [4.78, 5) is 13.4. The van der Waals surface area contributed by atoms with Crippen LogP contribution in [-0.2, 0) is 11.3 Å². The molecule has 0 aliphatic rings. The van der Waals surface area contributed by atoms with Crippen molar-refractivity contribution in [2.24, 2.45) is 5.92 Å². The van der Waals surface area contributed by atoms with Gasteiger partial charge >= 0.3 is 0 Å². The zero-order chi connectivity index (χ0) is 10.6. The van der Waals surface area contributed by atoms with Crippen LogP contribution in [0.15, 0.2) is 18.5 Å². The molecule has 0 aromatic carbocycles. The third-order valence-electron chi connectivity index (χ3n) is 2.29. The van der Waals surface area contributed by atoms with Gasteiger partial charge in [0.2, 0.25) is 5.91 Å². The molecule has 0 saturated heterocycles. The zero-order valence-electron chi connectivity index (χ0n) is 8.97. The Morgan fingerprint density at radius 3 is 2.86 bits per heavy atom. The average Bonchev–Trinajstić information content (AvgIpc) is 2.68. The Morgan fingerprint density at radius 2 is 2.36 bits per heavy atom. The molecule has 0 aliphatic heterocycles. The lowest BCUT2D eigenvalue weighted by molar-refractivity contribution is -0.133. The van der Waals surface area contributed by atoms with Crippen molar-refractivity contribution in [1.29, 1.82) is 0 Å². The van der Waals surface area contributed by atoms with Crippen LogP contribution in [0, 0.1) is 5.92 Å². The molecule has 0 fully saturated rings. The molecule has 0 unspecified atom stereocenters. The summed E-state index contributed by atoms with van der Waals surface area (Å²) >= 11 is 0. The maximum Gasteiger partial charge on any atom is 0.227 e. The first kappa shape index (κ1) is 10.8. The van der Waals surface area contributed by atoms with Crippen molar-refractivity contribution in [2.45, 2.75) is 20.4 Å². The van der Waals surface area contributed by atoms with E-state index in [1.165, 1.54) is 0 Å². The fourth-order valence-electron chi connectivity index (χ4n) is 1.30. The predicted molar refractivity (Wildman–Crippen MR) is 54.7 cm³/mol. The van der Waals surface area contributed by atoms with Gasteiger partial charge in [0.05, 0.1) is 12.5 Å². The van der Waals surface area contributed by atoms with Crippen LogP contribution >= 0.6 is 0 Å². The highest BCUT2D eigenvalue weighted by atomic mass is 16.2. The third-order valence-corrected chi connectivity index (χ3v) is 2.29. The minimum absolute atomic E-state index is 0.0140. The number of amides is 1. The van der Waals surface area contributed by atoms with Gasteiger partial charge in [-0.1, -0.05) is 6.92 Å². The second kappa shape index (κ2) is 4.79. The molecule has 78 valence electrons. The van der Waals surface area contributed by atoms with Crippen LogP contribution in [0.3, 0.4) is 0 Å². The monoisotopic (exact) mass is 195 g/mol. The van der Waals surface area contributed by atoms with Crippen molar-refractivity contribution in [3.63, 3.8) is 0 Å². The minimum atomic E-state index is -0.0140. The fourth-order valence-corrected chi connectivity index (χ4v) is 1.30. The average molecular weight is 195 g/mol. The van der Waals surface area contributed by atoms with E-state index >= 15 is 0 Å². The SMILES string of the molecule is CCN(C)C(=O)[C@@H](C)Cn1cccn1. The first-order chi connectivity index (χ1) is 6.65. The summed E-state index contributed by atoms with van der Waals surface area (Å²) in [6.07, 6.45) is 3.59. The molecule has 1 aromatic heterocycles. The van der Waals surface area contributed by atoms with E-state index in [0.29, 0.717) is 6.54 Å². The van der Waals surface area contributed by atoms with E-state index in [4.69, 9.17) is 0 Å². The van der Waals surface area contributed by atoms with Crippen LogP contribution in [0.2, 0.25) is 0 Å². The minimum Gasteiger partial charge on any atom is -0.346 e. The van der Waals surface area contributed by atoms with E-state index in [9.17, 15) is 4.79 Å². The van der Waals surface area contributed by atoms with Gasteiger partial charge in [-0.15, -0.1) is 0 Å². The molecule has 4 nitrogen and oxygen atoms in total. The lowest BCUT2D eigenvalue weighted by Crippen LogP contribution is -2.33. The highest BCUT2D eigenvalue weighted by Crippen LogP contribution is 2.03. The first-order valence-corrected chi connectivity index (χ1v) is 4.87. The zero-order valence-corrected chi connectivity index (χ0v) is 8.97. The molecule has 0 spiro atoms. The van der Waals surface area contributed by atoms with Gasteiger partial charge in [0, 0.05) is 26.0 Å². The molecular weight excluding hydrogens is 178 g/mol. The van der Waals surface area contributed by atoms with Gasteiger partial charge in [-0.05, 0) is 13.0 Å². The molecule has 1 atom stereocenters. The number of carbonyl (C=O) groups is 1. The van der Waals surface area contributed by atoms with E-state index in [1.54, 1.807) is 15.8 Å². The molecule has 0 saturated carbocycles. The Bertz CT molecular complexity index is 282. The van der Waals surface area contributed by atoms with E-state index in [-0.39, 0.29) is 11.8 Å². The predicted octanol–water partition coefficient (Wildman–Crippen LogP) is 0.997. The molecule has 1 heterocycles. The van der Waals surface area contributed by atoms with Gasteiger partial charge in [-0.2, -0.15) is 5.10 Å². The fraction of sp³-hybridized carbons (Fsp3) is 0.600. The molecule has 0 aliphatic carbocycles. The summed E-state index contributed by atoms with van der Waals surface area (Å²) in [5.74, 6) is 0.155. The lowest BCUT2D eigenvalue weighted by Gasteiger charge is -2.19. The number of rotatable bonds is 4. The van der Waals surface area contributed by atoms with Crippen LogP contribution in [0.25, 0.3) is 0 Å². The molecular formula is C10H17N3O. The van der Waals surface area contributed by atoms with Crippen LogP contribution in [-0.4, -0.2) is 34.2 Å². The lowest BCUT2D eigenvalue weighted by atomic mass is 10.1. The molecule has 14 heavy (non-hydrogen) atoms. The van der Waals surface area contributed by atoms with E-state index < -0.39 is 0 Å². The van der Waals surface area contributed by atoms with Crippen molar-refractivity contribution < 1.29 is 4.79 Å². The Kier molecular flexibility index (Phi) is 3.68. The van der Waals surface area contributed by atoms with Crippen LogP contribution in [0.1, 0.15) is 13.8 Å². The third kappa shape index (κ3) is 2.58. The number of hydrogen-bond acceptors (Lipinski definition) is 2. The highest BCUT2D eigenvalue weighted by Gasteiger charge is 2.16. The van der Waals surface area contributed by atoms with E-state index in [2.05, 4.69) is 5.10 Å². The van der Waals surface area contributed by atoms with E-state index in [0.717, 1.165) is 6.54 Å². The van der Waals surface area contributed by atoms with Crippen molar-refractivity contribution in [1.82, 2.24) is 14.7 Å². The first-order valence-electron chi connectivity index (χ1n) is 4.87. The van der Waals surface area contributed by atoms with E-state index in [1.807, 2.05) is 33.2 Å². The topological polar surface area (TPSA) is 38.1 Å². The molecule has 4 heteroatoms. The summed E-state index contributed by atoms with van der Waals surface area (Å²) < 4.78 is 1.78. The molecule has 1 aromatic rings. The number of hydrogen-bond donors (Lipinski definition) is 0. The summed E-state index contributed by atoms with van der Waals surface area (Å²) in [6.45, 7) is 5.30. The molecule has 0 radical (unpaired) electrons. The molecule has 1 amide bonds. The van der Waals surface area contributed by atoms with Crippen molar-refractivity contribution >= 4 is 5.91 Å². The number of nitrogens with zero attached hydrogens (tertiary/aromatic N) is 3. The second-order valence-corrected chi connectivity index (χ2v) is 3.48. The Morgan fingerprint density at radius 1 is 1.64 bits per heavy atom. The maximum absolute atomic E-state index is 11.7. The Labute approximate surface area is 84.5 Å². The quantitative estimate of drug-likeness (QED) is 0.718. The summed E-state index contributed by atoms with van der Waals surface area (Å²) in [5.41, 5.74) is 0. The Balaban J connectivity index is 2.50. The normalized spacial score (nSPS) is 12.5. The largest absolute Gasteiger partial charge is 0.346 e. The van der Waals surface area contributed by atoms with Crippen molar-refractivity contribution in [2.75, 3.05) is 13.6 Å². The number of carbonyl (C=O) groups excluding carboxylic acids is 1. The highest BCUT2D eigenvalue weighted by molar-refractivity contribution is 5.78. The number of aromatic nitrogens is 2. The van der Waals surface area contributed by atoms with Crippen molar-refractivity contribution in [3.8, 4) is 0 Å². The van der Waals surface area contributed by atoms with Gasteiger partial charge < -0.3 is 4.90 Å². The van der Waals surface area contributed by atoms with Gasteiger partial charge in [0.25, 0.3) is 0 Å². The Hall–Kier alpha value is -1.32. The van der Waals surface area contributed by atoms with Gasteiger partial charge in [-0.25, -0.2) is 0 Å². The summed E-state index contributed by atoms with van der Waals surface area (Å²) in [7, 11) is 1.82. The molecule has 0 bridgehead atoms. The van der Waals surface area contributed by atoms with Crippen molar-refractivity contribution in [3.05, 3.63) is 18.5 Å². The molecule has 0 N–H and O–H groups in total. The van der Waals surface area contributed by atoms with Gasteiger partial charge in [0.15, 0.2) is 0 Å². The second-order valence-electron chi connectivity index (χ2n) is 3.48. The standard InChI is InChI=1S/C10H17N3O/c1-4-12(3)10(14)9(2)8-13-7-5-6-11-13/h5-7,9H,4,8H2,1-3H3/t9-/m0/s1. The van der Waals surface area contributed by atoms with Crippen LogP contribution < -0.4 is 0 Å². The summed E-state index contributed by atoms with van der Waals surface area (Å²) in [6, 6.07) is 1.86. The summed E-state index contributed by atoms with van der Waals surface area (Å²) in [5, 5.41) is 4.07. The molecule has 1 rings (SSSR count). The van der Waals surface area contributed by atoms with Gasteiger partial charge in [0.1, 0.15) is 0 Å². The maximum atomic E-state index is 11.7. The van der Waals surface area contributed by atoms with Crippen LogP contribution in [0.5, 0.6) is 0 Å². The van der Waals surface area contributed by atoms with Crippen LogP contribution in [0.4, 0.5) is 0 Å². The smallest absolute Gasteiger partial charge is 0.227 e. The van der Waals surface area contributed by atoms with Gasteiger partial charge in [-0.3, -0.25) is 9.48 Å².